The minimum atomic E-state index is -0.369. The second kappa shape index (κ2) is 8.08. The summed E-state index contributed by atoms with van der Waals surface area (Å²) >= 11 is 16.8. The van der Waals surface area contributed by atoms with Crippen LogP contribution < -0.4 is 0 Å². The standard InChI is InChI=1S/C17H12BrCl2FN2OS/c18-10-4-5-14(20)11(8-10)16(24)23-7-6-22-17(23)25-9-12-13(19)2-1-3-15(12)21/h1-5,8H,6-7,9H2. The van der Waals surface area contributed by atoms with E-state index in [1.165, 1.54) is 17.8 Å². The summed E-state index contributed by atoms with van der Waals surface area (Å²) < 4.78 is 14.7. The summed E-state index contributed by atoms with van der Waals surface area (Å²) in [5.41, 5.74) is 0.798. The Balaban J connectivity index is 1.77. The number of rotatable bonds is 3. The Hall–Kier alpha value is -1.08. The molecule has 0 atom stereocenters. The van der Waals surface area contributed by atoms with Crippen molar-refractivity contribution in [3.8, 4) is 0 Å². The molecule has 2 aromatic rings. The summed E-state index contributed by atoms with van der Waals surface area (Å²) in [6.07, 6.45) is 0. The summed E-state index contributed by atoms with van der Waals surface area (Å²) in [5.74, 6) is -0.304. The lowest BCUT2D eigenvalue weighted by Crippen LogP contribution is -2.33. The molecule has 25 heavy (non-hydrogen) atoms. The molecule has 0 N–H and O–H groups in total. The van der Waals surface area contributed by atoms with Crippen molar-refractivity contribution in [2.24, 2.45) is 4.99 Å². The van der Waals surface area contributed by atoms with Gasteiger partial charge in [0.15, 0.2) is 5.17 Å². The van der Waals surface area contributed by atoms with Crippen LogP contribution in [-0.4, -0.2) is 29.1 Å². The maximum Gasteiger partial charge on any atom is 0.261 e. The molecule has 3 rings (SSSR count). The average Bonchev–Trinajstić information content (AvgIpc) is 3.04. The van der Waals surface area contributed by atoms with Crippen LogP contribution in [0.5, 0.6) is 0 Å². The second-order valence-corrected chi connectivity index (χ2v) is 7.91. The van der Waals surface area contributed by atoms with Gasteiger partial charge in [-0.05, 0) is 30.3 Å². The van der Waals surface area contributed by atoms with Crippen LogP contribution in [0.15, 0.2) is 45.9 Å². The molecule has 130 valence electrons. The van der Waals surface area contributed by atoms with Gasteiger partial charge in [-0.15, -0.1) is 0 Å². The number of amides is 1. The van der Waals surface area contributed by atoms with Crippen LogP contribution in [0.25, 0.3) is 0 Å². The molecule has 0 saturated heterocycles. The lowest BCUT2D eigenvalue weighted by atomic mass is 10.2. The van der Waals surface area contributed by atoms with Crippen LogP contribution in [0.4, 0.5) is 4.39 Å². The number of carbonyl (C=O) groups excluding carboxylic acids is 1. The van der Waals surface area contributed by atoms with Gasteiger partial charge in [-0.3, -0.25) is 14.7 Å². The molecular weight excluding hydrogens is 450 g/mol. The number of hydrogen-bond donors (Lipinski definition) is 0. The van der Waals surface area contributed by atoms with Gasteiger partial charge >= 0.3 is 0 Å². The van der Waals surface area contributed by atoms with Crippen molar-refractivity contribution in [3.05, 3.63) is 67.9 Å². The van der Waals surface area contributed by atoms with E-state index in [1.54, 1.807) is 35.2 Å². The highest BCUT2D eigenvalue weighted by Gasteiger charge is 2.27. The van der Waals surface area contributed by atoms with Crippen molar-refractivity contribution in [3.63, 3.8) is 0 Å². The van der Waals surface area contributed by atoms with E-state index in [4.69, 9.17) is 23.2 Å². The molecule has 0 aromatic heterocycles. The summed E-state index contributed by atoms with van der Waals surface area (Å²) in [4.78, 5) is 18.7. The number of halogens is 4. The molecule has 0 unspecified atom stereocenters. The Bertz CT molecular complexity index is 842. The third kappa shape index (κ3) is 4.19. The number of amidine groups is 1. The number of benzene rings is 2. The summed E-state index contributed by atoms with van der Waals surface area (Å²) in [5, 5.41) is 1.28. The number of aliphatic imine (C=N–C) groups is 1. The molecule has 1 heterocycles. The Morgan fingerprint density at radius 1 is 1.28 bits per heavy atom. The summed E-state index contributed by atoms with van der Waals surface area (Å²) in [6, 6.07) is 9.68. The molecular formula is C17H12BrCl2FN2OS. The van der Waals surface area contributed by atoms with Gasteiger partial charge in [0, 0.05) is 27.4 Å². The molecule has 1 aliphatic rings. The molecule has 1 amide bonds. The second-order valence-electron chi connectivity index (χ2n) is 5.23. The molecule has 8 heteroatoms. The quantitative estimate of drug-likeness (QED) is 0.592. The third-order valence-electron chi connectivity index (χ3n) is 3.61. The third-order valence-corrected chi connectivity index (χ3v) is 5.83. The van der Waals surface area contributed by atoms with Gasteiger partial charge in [-0.25, -0.2) is 4.39 Å². The lowest BCUT2D eigenvalue weighted by Gasteiger charge is -2.19. The van der Waals surface area contributed by atoms with E-state index in [-0.39, 0.29) is 11.7 Å². The first kappa shape index (κ1) is 18.7. The first-order chi connectivity index (χ1) is 12.0. The lowest BCUT2D eigenvalue weighted by molar-refractivity contribution is 0.0861. The van der Waals surface area contributed by atoms with E-state index in [2.05, 4.69) is 20.9 Å². The Morgan fingerprint density at radius 3 is 2.84 bits per heavy atom. The number of nitrogens with zero attached hydrogens (tertiary/aromatic N) is 2. The Labute approximate surface area is 167 Å². The number of thioether (sulfide) groups is 1. The summed E-state index contributed by atoms with van der Waals surface area (Å²) in [7, 11) is 0. The van der Waals surface area contributed by atoms with Crippen molar-refractivity contribution < 1.29 is 9.18 Å². The predicted molar refractivity (Wildman–Crippen MR) is 105 cm³/mol. The molecule has 0 bridgehead atoms. The first-order valence-corrected chi connectivity index (χ1v) is 9.88. The van der Waals surface area contributed by atoms with Crippen molar-refractivity contribution in [1.82, 2.24) is 4.90 Å². The fourth-order valence-electron chi connectivity index (χ4n) is 2.35. The molecule has 1 aliphatic heterocycles. The van der Waals surface area contributed by atoms with Crippen LogP contribution >= 0.6 is 50.9 Å². The zero-order valence-electron chi connectivity index (χ0n) is 12.8. The molecule has 0 fully saturated rings. The Morgan fingerprint density at radius 2 is 2.08 bits per heavy atom. The van der Waals surface area contributed by atoms with E-state index >= 15 is 0 Å². The molecule has 0 saturated carbocycles. The van der Waals surface area contributed by atoms with Gasteiger partial charge in [0.2, 0.25) is 0 Å². The monoisotopic (exact) mass is 460 g/mol. The topological polar surface area (TPSA) is 32.7 Å². The maximum atomic E-state index is 13.9. The van der Waals surface area contributed by atoms with Gasteiger partial charge in [0.1, 0.15) is 5.82 Å². The van der Waals surface area contributed by atoms with E-state index in [1.807, 2.05) is 0 Å². The van der Waals surface area contributed by atoms with E-state index in [0.717, 1.165) is 4.47 Å². The van der Waals surface area contributed by atoms with Gasteiger partial charge in [-0.1, -0.05) is 57.0 Å². The van der Waals surface area contributed by atoms with Crippen LogP contribution in [0.2, 0.25) is 10.0 Å². The number of carbonyl (C=O) groups is 1. The van der Waals surface area contributed by atoms with Gasteiger partial charge in [0.05, 0.1) is 17.1 Å². The van der Waals surface area contributed by atoms with Crippen molar-refractivity contribution >= 4 is 62.0 Å². The zero-order valence-corrected chi connectivity index (χ0v) is 16.7. The smallest absolute Gasteiger partial charge is 0.261 e. The van der Waals surface area contributed by atoms with E-state index < -0.39 is 0 Å². The van der Waals surface area contributed by atoms with Gasteiger partial charge in [0.25, 0.3) is 5.91 Å². The maximum absolute atomic E-state index is 13.9. The zero-order chi connectivity index (χ0) is 18.0. The SMILES string of the molecule is O=C(c1cc(Br)ccc1Cl)N1CCN=C1SCc1c(F)cccc1Cl. The highest BCUT2D eigenvalue weighted by molar-refractivity contribution is 9.10. The average molecular weight is 462 g/mol. The predicted octanol–water partition coefficient (Wildman–Crippen LogP) is 5.64. The highest BCUT2D eigenvalue weighted by atomic mass is 79.9. The molecule has 0 aliphatic carbocycles. The fraction of sp³-hybridized carbons (Fsp3) is 0.176. The van der Waals surface area contributed by atoms with Crippen LogP contribution in [0.1, 0.15) is 15.9 Å². The van der Waals surface area contributed by atoms with Crippen molar-refractivity contribution in [1.29, 1.82) is 0 Å². The van der Waals surface area contributed by atoms with E-state index in [9.17, 15) is 9.18 Å². The normalized spacial score (nSPS) is 13.9. The van der Waals surface area contributed by atoms with Crippen LogP contribution in [0.3, 0.4) is 0 Å². The number of hydrogen-bond acceptors (Lipinski definition) is 3. The molecule has 0 spiro atoms. The molecule has 3 nitrogen and oxygen atoms in total. The molecule has 0 radical (unpaired) electrons. The van der Waals surface area contributed by atoms with Crippen molar-refractivity contribution in [2.75, 3.05) is 13.1 Å². The van der Waals surface area contributed by atoms with Crippen LogP contribution in [-0.2, 0) is 5.75 Å². The highest BCUT2D eigenvalue weighted by Crippen LogP contribution is 2.29. The Kier molecular flexibility index (Phi) is 6.04. The minimum Gasteiger partial charge on any atom is -0.286 e. The fourth-order valence-corrected chi connectivity index (χ4v) is 4.30. The largest absolute Gasteiger partial charge is 0.286 e. The van der Waals surface area contributed by atoms with Crippen LogP contribution in [0, 0.1) is 5.82 Å². The van der Waals surface area contributed by atoms with Crippen molar-refractivity contribution in [2.45, 2.75) is 5.75 Å². The summed E-state index contributed by atoms with van der Waals surface area (Å²) in [6.45, 7) is 0.972. The molecule has 2 aromatic carbocycles. The minimum absolute atomic E-state index is 0.227. The van der Waals surface area contributed by atoms with E-state index in [0.29, 0.717) is 45.2 Å². The van der Waals surface area contributed by atoms with Gasteiger partial charge in [-0.2, -0.15) is 0 Å². The first-order valence-electron chi connectivity index (χ1n) is 7.34. The van der Waals surface area contributed by atoms with Gasteiger partial charge < -0.3 is 0 Å².